The van der Waals surface area contributed by atoms with Gasteiger partial charge in [0.15, 0.2) is 0 Å². The van der Waals surface area contributed by atoms with Gasteiger partial charge in [0.05, 0.1) is 4.90 Å². The lowest BCUT2D eigenvalue weighted by Crippen LogP contribution is -2.49. The summed E-state index contributed by atoms with van der Waals surface area (Å²) in [6.45, 7) is 3.07. The molecule has 1 unspecified atom stereocenters. The van der Waals surface area contributed by atoms with Gasteiger partial charge in [0.1, 0.15) is 0 Å². The van der Waals surface area contributed by atoms with Gasteiger partial charge in [0.25, 0.3) is 5.91 Å². The van der Waals surface area contributed by atoms with E-state index in [4.69, 9.17) is 5.73 Å². The van der Waals surface area contributed by atoms with Crippen LogP contribution in [0.2, 0.25) is 0 Å². The summed E-state index contributed by atoms with van der Waals surface area (Å²) in [5, 5.41) is 2.90. The molecule has 2 amide bonds. The predicted molar refractivity (Wildman–Crippen MR) is 108 cm³/mol. The van der Waals surface area contributed by atoms with Crippen molar-refractivity contribution in [2.75, 3.05) is 32.7 Å². The molecule has 2 fully saturated rings. The van der Waals surface area contributed by atoms with Crippen LogP contribution in [-0.2, 0) is 14.8 Å². The van der Waals surface area contributed by atoms with Gasteiger partial charge in [-0.25, -0.2) is 8.42 Å². The first-order chi connectivity index (χ1) is 12.8. The Morgan fingerprint density at radius 2 is 1.86 bits per heavy atom. The van der Waals surface area contributed by atoms with Crippen molar-refractivity contribution in [2.24, 2.45) is 11.7 Å². The summed E-state index contributed by atoms with van der Waals surface area (Å²) in [4.78, 5) is 25.6. The largest absolute Gasteiger partial charge is 0.348 e. The Morgan fingerprint density at radius 3 is 2.39 bits per heavy atom. The second-order valence-electron chi connectivity index (χ2n) is 7.09. The molecular formula is C18H27ClN4O4S. The molecule has 10 heteroatoms. The summed E-state index contributed by atoms with van der Waals surface area (Å²) in [6.07, 6.45) is 2.12. The molecule has 0 spiro atoms. The molecule has 1 aliphatic heterocycles. The molecule has 28 heavy (non-hydrogen) atoms. The Hall–Kier alpha value is -1.68. The number of halogens is 1. The lowest BCUT2D eigenvalue weighted by molar-refractivity contribution is -0.129. The first kappa shape index (κ1) is 22.6. The lowest BCUT2D eigenvalue weighted by Gasteiger charge is -2.33. The normalized spacial score (nSPS) is 18.9. The predicted octanol–water partition coefficient (Wildman–Crippen LogP) is 0.428. The quantitative estimate of drug-likeness (QED) is 0.679. The van der Waals surface area contributed by atoms with E-state index in [1.807, 2.05) is 0 Å². The zero-order chi connectivity index (χ0) is 19.6. The van der Waals surface area contributed by atoms with Crippen LogP contribution in [0.4, 0.5) is 0 Å². The Kier molecular flexibility index (Phi) is 7.44. The Bertz CT molecular complexity index is 821. The first-order valence-corrected chi connectivity index (χ1v) is 10.6. The van der Waals surface area contributed by atoms with Crippen molar-refractivity contribution in [3.05, 3.63) is 29.8 Å². The van der Waals surface area contributed by atoms with E-state index in [1.54, 1.807) is 17.0 Å². The highest BCUT2D eigenvalue weighted by Gasteiger charge is 2.32. The van der Waals surface area contributed by atoms with Crippen molar-refractivity contribution < 1.29 is 18.0 Å². The first-order valence-electron chi connectivity index (χ1n) is 9.19. The molecule has 1 aliphatic carbocycles. The van der Waals surface area contributed by atoms with Crippen LogP contribution >= 0.6 is 12.4 Å². The van der Waals surface area contributed by atoms with E-state index < -0.39 is 10.0 Å². The van der Waals surface area contributed by atoms with Crippen LogP contribution in [0.1, 0.15) is 30.1 Å². The lowest BCUT2D eigenvalue weighted by atomic mass is 10.1. The monoisotopic (exact) mass is 430 g/mol. The second-order valence-corrected chi connectivity index (χ2v) is 9.03. The summed E-state index contributed by atoms with van der Waals surface area (Å²) < 4.78 is 27.2. The molecular weight excluding hydrogens is 404 g/mol. The van der Waals surface area contributed by atoms with Gasteiger partial charge < -0.3 is 16.0 Å². The molecule has 3 N–H and O–H groups in total. The van der Waals surface area contributed by atoms with Gasteiger partial charge in [-0.1, -0.05) is 6.07 Å². The van der Waals surface area contributed by atoms with Crippen LogP contribution in [-0.4, -0.2) is 68.2 Å². The Morgan fingerprint density at radius 1 is 1.21 bits per heavy atom. The molecule has 3 rings (SSSR count). The van der Waals surface area contributed by atoms with Gasteiger partial charge in [0, 0.05) is 51.3 Å². The standard InChI is InChI=1S/C18H26N4O4S.ClH/c1-13(23)21-7-9-22(10-8-21)27(25,26)16-4-2-3-15(11-16)18(24)20-17(12-19)14-5-6-14;/h2-4,11,14,17H,5-10,12,19H2,1H3,(H,20,24);1H. The summed E-state index contributed by atoms with van der Waals surface area (Å²) in [7, 11) is -3.71. The molecule has 8 nitrogen and oxygen atoms in total. The number of carbonyl (C=O) groups is 2. The zero-order valence-electron chi connectivity index (χ0n) is 15.8. The fraction of sp³-hybridized carbons (Fsp3) is 0.556. The second kappa shape index (κ2) is 9.21. The average molecular weight is 431 g/mol. The fourth-order valence-corrected chi connectivity index (χ4v) is 4.78. The van der Waals surface area contributed by atoms with E-state index in [1.165, 1.54) is 23.4 Å². The molecule has 1 atom stereocenters. The summed E-state index contributed by atoms with van der Waals surface area (Å²) >= 11 is 0. The fourth-order valence-electron chi connectivity index (χ4n) is 3.31. The van der Waals surface area contributed by atoms with Crippen LogP contribution in [0, 0.1) is 5.92 Å². The van der Waals surface area contributed by atoms with Crippen molar-refractivity contribution in [2.45, 2.75) is 30.7 Å². The maximum absolute atomic E-state index is 12.9. The van der Waals surface area contributed by atoms with Crippen LogP contribution < -0.4 is 11.1 Å². The maximum Gasteiger partial charge on any atom is 0.251 e. The van der Waals surface area contributed by atoms with Gasteiger partial charge in [-0.15, -0.1) is 12.4 Å². The zero-order valence-corrected chi connectivity index (χ0v) is 17.5. The SMILES string of the molecule is CC(=O)N1CCN(S(=O)(=O)c2cccc(C(=O)NC(CN)C3CC3)c2)CC1.Cl. The molecule has 0 bridgehead atoms. The molecule has 1 aromatic carbocycles. The number of amides is 2. The topological polar surface area (TPSA) is 113 Å². The van der Waals surface area contributed by atoms with Gasteiger partial charge in [0.2, 0.25) is 15.9 Å². The summed E-state index contributed by atoms with van der Waals surface area (Å²) in [5.41, 5.74) is 6.03. The highest BCUT2D eigenvalue weighted by Crippen LogP contribution is 2.32. The number of nitrogens with zero attached hydrogens (tertiary/aromatic N) is 2. The highest BCUT2D eigenvalue weighted by atomic mass is 35.5. The van der Waals surface area contributed by atoms with Gasteiger partial charge in [-0.3, -0.25) is 9.59 Å². The molecule has 0 radical (unpaired) electrons. The van der Waals surface area contributed by atoms with Gasteiger partial charge >= 0.3 is 0 Å². The number of rotatable bonds is 6. The van der Waals surface area contributed by atoms with Crippen molar-refractivity contribution in [1.82, 2.24) is 14.5 Å². The maximum atomic E-state index is 12.9. The minimum absolute atomic E-state index is 0. The number of nitrogens with one attached hydrogen (secondary N) is 1. The Balaban J connectivity index is 0.00000280. The number of nitrogens with two attached hydrogens (primary N) is 1. The van der Waals surface area contributed by atoms with E-state index >= 15 is 0 Å². The van der Waals surface area contributed by atoms with Crippen molar-refractivity contribution >= 4 is 34.2 Å². The number of hydrogen-bond acceptors (Lipinski definition) is 5. The van der Waals surface area contributed by atoms with Gasteiger partial charge in [-0.05, 0) is 37.0 Å². The molecule has 0 aromatic heterocycles. The van der Waals surface area contributed by atoms with E-state index in [-0.39, 0.29) is 48.2 Å². The van der Waals surface area contributed by atoms with E-state index in [9.17, 15) is 18.0 Å². The van der Waals surface area contributed by atoms with Crippen LogP contribution in [0.5, 0.6) is 0 Å². The minimum atomic E-state index is -3.71. The van der Waals surface area contributed by atoms with Crippen LogP contribution in [0.15, 0.2) is 29.2 Å². The summed E-state index contributed by atoms with van der Waals surface area (Å²) in [6, 6.07) is 6.00. The molecule has 1 heterocycles. The van der Waals surface area contributed by atoms with E-state index in [0.29, 0.717) is 31.1 Å². The number of carbonyl (C=O) groups excluding carboxylic acids is 2. The molecule has 156 valence electrons. The number of piperazine rings is 1. The Labute approximate surface area is 171 Å². The smallest absolute Gasteiger partial charge is 0.251 e. The van der Waals surface area contributed by atoms with Crippen molar-refractivity contribution in [3.8, 4) is 0 Å². The number of hydrogen-bond donors (Lipinski definition) is 2. The third kappa shape index (κ3) is 5.02. The van der Waals surface area contributed by atoms with Crippen LogP contribution in [0.3, 0.4) is 0 Å². The molecule has 2 aliphatic rings. The average Bonchev–Trinajstić information content (AvgIpc) is 3.51. The van der Waals surface area contributed by atoms with Gasteiger partial charge in [-0.2, -0.15) is 4.31 Å². The molecule has 1 aromatic rings. The van der Waals surface area contributed by atoms with Crippen molar-refractivity contribution in [3.63, 3.8) is 0 Å². The number of benzene rings is 1. The minimum Gasteiger partial charge on any atom is -0.348 e. The third-order valence-electron chi connectivity index (χ3n) is 5.18. The molecule has 1 saturated carbocycles. The van der Waals surface area contributed by atoms with Crippen LogP contribution in [0.25, 0.3) is 0 Å². The van der Waals surface area contributed by atoms with E-state index in [0.717, 1.165) is 12.8 Å². The van der Waals surface area contributed by atoms with Crippen molar-refractivity contribution in [1.29, 1.82) is 0 Å². The van der Waals surface area contributed by atoms with E-state index in [2.05, 4.69) is 5.32 Å². The summed E-state index contributed by atoms with van der Waals surface area (Å²) in [5.74, 6) is 0.0510. The third-order valence-corrected chi connectivity index (χ3v) is 7.07. The molecule has 1 saturated heterocycles. The highest BCUT2D eigenvalue weighted by molar-refractivity contribution is 7.89. The number of sulfonamides is 1.